The van der Waals surface area contributed by atoms with Crippen molar-refractivity contribution in [3.63, 3.8) is 0 Å². The summed E-state index contributed by atoms with van der Waals surface area (Å²) in [5.74, 6) is 1.20. The fourth-order valence-corrected chi connectivity index (χ4v) is 4.34. The molecular formula is C23H31N3O4. The van der Waals surface area contributed by atoms with Crippen LogP contribution in [-0.4, -0.2) is 77.3 Å². The molecule has 1 aliphatic carbocycles. The lowest BCUT2D eigenvalue weighted by molar-refractivity contribution is -0.139. The highest BCUT2D eigenvalue weighted by molar-refractivity contribution is 5.98. The van der Waals surface area contributed by atoms with Gasteiger partial charge >= 0.3 is 0 Å². The minimum Gasteiger partial charge on any atom is -0.490 e. The number of piperazine rings is 1. The number of likely N-dealkylation sites (tertiary alicyclic amines) is 1. The van der Waals surface area contributed by atoms with E-state index in [1.165, 1.54) is 0 Å². The quantitative estimate of drug-likeness (QED) is 0.742. The standard InChI is InChI=1S/C23H31N3O4/c1-3-24-14-15-26(16(2)21(24)27)23(29)18-6-8-19(9-7-18)30-20-10-12-25(13-11-20)22(28)17-4-5-17/h6-9,16-17,20H,3-5,10-15H2,1-2H3/t16-/m0/s1. The Labute approximate surface area is 177 Å². The van der Waals surface area contributed by atoms with Crippen LogP contribution in [0, 0.1) is 5.92 Å². The van der Waals surface area contributed by atoms with Gasteiger partial charge in [0.25, 0.3) is 5.91 Å². The molecular weight excluding hydrogens is 382 g/mol. The largest absolute Gasteiger partial charge is 0.490 e. The van der Waals surface area contributed by atoms with Gasteiger partial charge in [-0.15, -0.1) is 0 Å². The van der Waals surface area contributed by atoms with Gasteiger partial charge in [-0.25, -0.2) is 0 Å². The maximum Gasteiger partial charge on any atom is 0.254 e. The van der Waals surface area contributed by atoms with Crippen molar-refractivity contribution in [1.82, 2.24) is 14.7 Å². The first-order chi connectivity index (χ1) is 14.5. The van der Waals surface area contributed by atoms with Gasteiger partial charge in [-0.05, 0) is 51.0 Å². The van der Waals surface area contributed by atoms with Crippen LogP contribution in [-0.2, 0) is 9.59 Å². The van der Waals surface area contributed by atoms with E-state index in [9.17, 15) is 14.4 Å². The Morgan fingerprint density at radius 2 is 1.67 bits per heavy atom. The Hall–Kier alpha value is -2.57. The van der Waals surface area contributed by atoms with E-state index in [2.05, 4.69) is 0 Å². The Morgan fingerprint density at radius 3 is 2.27 bits per heavy atom. The topological polar surface area (TPSA) is 70.2 Å². The molecule has 1 aromatic rings. The van der Waals surface area contributed by atoms with E-state index >= 15 is 0 Å². The second kappa shape index (κ2) is 8.66. The number of carbonyl (C=O) groups is 3. The third-order valence-electron chi connectivity index (χ3n) is 6.47. The van der Waals surface area contributed by atoms with Crippen LogP contribution in [0.25, 0.3) is 0 Å². The second-order valence-electron chi connectivity index (χ2n) is 8.53. The van der Waals surface area contributed by atoms with Crippen LogP contribution in [0.15, 0.2) is 24.3 Å². The van der Waals surface area contributed by atoms with Crippen molar-refractivity contribution in [2.75, 3.05) is 32.7 Å². The highest BCUT2D eigenvalue weighted by Gasteiger charge is 2.36. The maximum absolute atomic E-state index is 12.9. The zero-order valence-corrected chi connectivity index (χ0v) is 17.9. The van der Waals surface area contributed by atoms with Gasteiger partial charge in [-0.2, -0.15) is 0 Å². The molecule has 3 amide bonds. The van der Waals surface area contributed by atoms with Crippen LogP contribution in [0.4, 0.5) is 0 Å². The lowest BCUT2D eigenvalue weighted by Crippen LogP contribution is -2.57. The van der Waals surface area contributed by atoms with Crippen LogP contribution < -0.4 is 4.74 Å². The molecule has 0 aromatic heterocycles. The molecule has 4 rings (SSSR count). The molecule has 7 heteroatoms. The first-order valence-electron chi connectivity index (χ1n) is 11.1. The number of carbonyl (C=O) groups excluding carboxylic acids is 3. The fraction of sp³-hybridized carbons (Fsp3) is 0.609. The summed E-state index contributed by atoms with van der Waals surface area (Å²) >= 11 is 0. The van der Waals surface area contributed by atoms with Crippen LogP contribution >= 0.6 is 0 Å². The van der Waals surface area contributed by atoms with Crippen LogP contribution in [0.2, 0.25) is 0 Å². The van der Waals surface area contributed by atoms with Gasteiger partial charge < -0.3 is 19.4 Å². The first kappa shape index (κ1) is 20.7. The van der Waals surface area contributed by atoms with Gasteiger partial charge in [-0.3, -0.25) is 14.4 Å². The number of likely N-dealkylation sites (N-methyl/N-ethyl adjacent to an activating group) is 1. The van der Waals surface area contributed by atoms with Crippen LogP contribution in [0.1, 0.15) is 49.9 Å². The third kappa shape index (κ3) is 4.30. The van der Waals surface area contributed by atoms with E-state index in [0.717, 1.165) is 44.5 Å². The summed E-state index contributed by atoms with van der Waals surface area (Å²) in [7, 11) is 0. The maximum atomic E-state index is 12.9. The van der Waals surface area contributed by atoms with E-state index in [1.807, 2.05) is 24.0 Å². The number of benzene rings is 1. The summed E-state index contributed by atoms with van der Waals surface area (Å²) in [5, 5.41) is 0. The zero-order valence-electron chi connectivity index (χ0n) is 17.9. The molecule has 3 aliphatic rings. The summed E-state index contributed by atoms with van der Waals surface area (Å²) in [5.41, 5.74) is 0.566. The van der Waals surface area contributed by atoms with Gasteiger partial charge in [0.05, 0.1) is 0 Å². The highest BCUT2D eigenvalue weighted by Crippen LogP contribution is 2.32. The molecule has 0 spiro atoms. The molecule has 0 N–H and O–H groups in total. The van der Waals surface area contributed by atoms with E-state index in [0.29, 0.717) is 31.1 Å². The van der Waals surface area contributed by atoms with E-state index in [1.54, 1.807) is 28.9 Å². The summed E-state index contributed by atoms with van der Waals surface area (Å²) < 4.78 is 6.08. The SMILES string of the molecule is CCN1CCN(C(=O)c2ccc(OC3CCN(C(=O)C4CC4)CC3)cc2)[C@@H](C)C1=O. The Balaban J connectivity index is 1.30. The predicted molar refractivity (Wildman–Crippen MR) is 112 cm³/mol. The average Bonchev–Trinajstić information content (AvgIpc) is 3.61. The van der Waals surface area contributed by atoms with Gasteiger partial charge in [0, 0.05) is 57.0 Å². The Kier molecular flexibility index (Phi) is 5.97. The molecule has 3 fully saturated rings. The molecule has 7 nitrogen and oxygen atoms in total. The lowest BCUT2D eigenvalue weighted by Gasteiger charge is -2.38. The highest BCUT2D eigenvalue weighted by atomic mass is 16.5. The van der Waals surface area contributed by atoms with Crippen molar-refractivity contribution in [2.24, 2.45) is 5.92 Å². The van der Waals surface area contributed by atoms with Gasteiger partial charge in [0.2, 0.25) is 11.8 Å². The van der Waals surface area contributed by atoms with Crippen LogP contribution in [0.5, 0.6) is 5.75 Å². The number of hydrogen-bond donors (Lipinski definition) is 0. The van der Waals surface area contributed by atoms with Crippen molar-refractivity contribution in [3.8, 4) is 5.75 Å². The second-order valence-corrected chi connectivity index (χ2v) is 8.53. The zero-order chi connectivity index (χ0) is 21.3. The van der Waals surface area contributed by atoms with Crippen molar-refractivity contribution >= 4 is 17.7 Å². The molecule has 1 aromatic carbocycles. The molecule has 2 saturated heterocycles. The minimum atomic E-state index is -0.439. The molecule has 162 valence electrons. The molecule has 2 heterocycles. The first-order valence-corrected chi connectivity index (χ1v) is 11.1. The van der Waals surface area contributed by atoms with E-state index in [4.69, 9.17) is 4.74 Å². The van der Waals surface area contributed by atoms with Gasteiger partial charge in [0.15, 0.2) is 0 Å². The van der Waals surface area contributed by atoms with Crippen molar-refractivity contribution < 1.29 is 19.1 Å². The van der Waals surface area contributed by atoms with Crippen LogP contribution in [0.3, 0.4) is 0 Å². The monoisotopic (exact) mass is 413 g/mol. The number of rotatable bonds is 5. The average molecular weight is 414 g/mol. The number of amides is 3. The molecule has 0 radical (unpaired) electrons. The summed E-state index contributed by atoms with van der Waals surface area (Å²) in [6.45, 7) is 7.06. The van der Waals surface area contributed by atoms with Crippen molar-refractivity contribution in [1.29, 1.82) is 0 Å². The number of hydrogen-bond acceptors (Lipinski definition) is 4. The summed E-state index contributed by atoms with van der Waals surface area (Å²) in [6, 6.07) is 6.75. The smallest absolute Gasteiger partial charge is 0.254 e. The summed E-state index contributed by atoms with van der Waals surface area (Å²) in [6.07, 6.45) is 3.85. The summed E-state index contributed by atoms with van der Waals surface area (Å²) in [4.78, 5) is 42.8. The molecule has 0 unspecified atom stereocenters. The van der Waals surface area contributed by atoms with Crippen molar-refractivity contribution in [2.45, 2.75) is 51.7 Å². The molecule has 1 saturated carbocycles. The molecule has 2 aliphatic heterocycles. The minimum absolute atomic E-state index is 0.00330. The number of piperidine rings is 1. The molecule has 30 heavy (non-hydrogen) atoms. The number of ether oxygens (including phenoxy) is 1. The van der Waals surface area contributed by atoms with E-state index in [-0.39, 0.29) is 23.8 Å². The molecule has 1 atom stereocenters. The Bertz CT molecular complexity index is 797. The Morgan fingerprint density at radius 1 is 1.00 bits per heavy atom. The van der Waals surface area contributed by atoms with Gasteiger partial charge in [-0.1, -0.05) is 0 Å². The number of nitrogens with zero attached hydrogens (tertiary/aromatic N) is 3. The fourth-order valence-electron chi connectivity index (χ4n) is 4.34. The lowest BCUT2D eigenvalue weighted by atomic mass is 10.1. The van der Waals surface area contributed by atoms with E-state index < -0.39 is 6.04 Å². The van der Waals surface area contributed by atoms with Gasteiger partial charge in [0.1, 0.15) is 17.9 Å². The predicted octanol–water partition coefficient (Wildman–Crippen LogP) is 2.16. The third-order valence-corrected chi connectivity index (χ3v) is 6.47. The normalized spacial score (nSPS) is 22.9. The van der Waals surface area contributed by atoms with Crippen molar-refractivity contribution in [3.05, 3.63) is 29.8 Å². The molecule has 0 bridgehead atoms.